The van der Waals surface area contributed by atoms with Crippen LogP contribution in [0.5, 0.6) is 0 Å². The van der Waals surface area contributed by atoms with Gasteiger partial charge in [0.15, 0.2) is 0 Å². The normalized spacial score (nSPS) is 18.3. The van der Waals surface area contributed by atoms with Crippen molar-refractivity contribution in [2.45, 2.75) is 72.1 Å². The van der Waals surface area contributed by atoms with Gasteiger partial charge in [-0.25, -0.2) is 0 Å². The number of fused-ring (bicyclic) bond motifs is 1. The molecule has 0 saturated carbocycles. The predicted molar refractivity (Wildman–Crippen MR) is 80.2 cm³/mol. The van der Waals surface area contributed by atoms with Crippen LogP contribution in [0.3, 0.4) is 0 Å². The first-order valence-electron chi connectivity index (χ1n) is 7.61. The Morgan fingerprint density at radius 2 is 1.94 bits per heavy atom. The van der Waals surface area contributed by atoms with Gasteiger partial charge in [0.25, 0.3) is 0 Å². The SMILES string of the molecule is CCCCCc1ccc2c(c1)CC2CC(C)(C)C. The highest BCUT2D eigenvalue weighted by molar-refractivity contribution is 5.43. The third-order valence-corrected chi connectivity index (χ3v) is 4.04. The van der Waals surface area contributed by atoms with Gasteiger partial charge < -0.3 is 0 Å². The molecule has 18 heavy (non-hydrogen) atoms. The van der Waals surface area contributed by atoms with Crippen LogP contribution < -0.4 is 0 Å². The predicted octanol–water partition coefficient (Wildman–Crippen LogP) is 5.50. The summed E-state index contributed by atoms with van der Waals surface area (Å²) < 4.78 is 0. The lowest BCUT2D eigenvalue weighted by atomic mass is 9.69. The Morgan fingerprint density at radius 1 is 1.17 bits per heavy atom. The van der Waals surface area contributed by atoms with Crippen LogP contribution >= 0.6 is 0 Å². The fraction of sp³-hybridized carbons (Fsp3) is 0.667. The molecule has 1 aliphatic rings. The van der Waals surface area contributed by atoms with Gasteiger partial charge in [-0.3, -0.25) is 0 Å². The third kappa shape index (κ3) is 3.37. The first-order valence-corrected chi connectivity index (χ1v) is 7.61. The third-order valence-electron chi connectivity index (χ3n) is 4.04. The van der Waals surface area contributed by atoms with Crippen LogP contribution in [0.25, 0.3) is 0 Å². The Morgan fingerprint density at radius 3 is 2.56 bits per heavy atom. The number of hydrogen-bond donors (Lipinski definition) is 0. The molecule has 0 bridgehead atoms. The molecular weight excluding hydrogens is 216 g/mol. The highest BCUT2D eigenvalue weighted by atomic mass is 14.3. The van der Waals surface area contributed by atoms with Crippen molar-refractivity contribution in [1.82, 2.24) is 0 Å². The van der Waals surface area contributed by atoms with Crippen LogP contribution in [-0.2, 0) is 12.8 Å². The molecule has 100 valence electrons. The molecule has 0 spiro atoms. The van der Waals surface area contributed by atoms with Gasteiger partial charge >= 0.3 is 0 Å². The molecule has 0 heterocycles. The zero-order valence-corrected chi connectivity index (χ0v) is 12.6. The van der Waals surface area contributed by atoms with Crippen LogP contribution in [0.15, 0.2) is 18.2 Å². The van der Waals surface area contributed by atoms with E-state index in [0.29, 0.717) is 5.41 Å². The Hall–Kier alpha value is -0.780. The Balaban J connectivity index is 1.94. The van der Waals surface area contributed by atoms with Crippen LogP contribution in [-0.4, -0.2) is 0 Å². The van der Waals surface area contributed by atoms with Crippen molar-refractivity contribution in [2.75, 3.05) is 0 Å². The Bertz CT molecular complexity index is 395. The van der Waals surface area contributed by atoms with Crippen molar-refractivity contribution in [2.24, 2.45) is 5.41 Å². The van der Waals surface area contributed by atoms with E-state index < -0.39 is 0 Å². The quantitative estimate of drug-likeness (QED) is 0.600. The summed E-state index contributed by atoms with van der Waals surface area (Å²) in [5.41, 5.74) is 5.26. The largest absolute Gasteiger partial charge is 0.0654 e. The second kappa shape index (κ2) is 5.47. The molecule has 1 aliphatic carbocycles. The second-order valence-corrected chi connectivity index (χ2v) is 7.16. The van der Waals surface area contributed by atoms with E-state index in [1.807, 2.05) is 0 Å². The molecule has 0 amide bonds. The van der Waals surface area contributed by atoms with Crippen molar-refractivity contribution in [3.63, 3.8) is 0 Å². The first-order chi connectivity index (χ1) is 8.49. The van der Waals surface area contributed by atoms with E-state index in [1.165, 1.54) is 38.5 Å². The lowest BCUT2D eigenvalue weighted by Gasteiger charge is -2.35. The Labute approximate surface area is 113 Å². The average molecular weight is 244 g/mol. The average Bonchev–Trinajstić information content (AvgIpc) is 2.25. The summed E-state index contributed by atoms with van der Waals surface area (Å²) in [6, 6.07) is 7.23. The standard InChI is InChI=1S/C18H28/c1-5-6-7-8-14-9-10-17-15(11-14)12-16(17)13-18(2,3)4/h9-11,16H,5-8,12-13H2,1-4H3. The molecule has 0 aromatic heterocycles. The molecule has 2 rings (SSSR count). The summed E-state index contributed by atoms with van der Waals surface area (Å²) in [4.78, 5) is 0. The lowest BCUT2D eigenvalue weighted by molar-refractivity contribution is 0.323. The summed E-state index contributed by atoms with van der Waals surface area (Å²) in [5, 5.41) is 0. The van der Waals surface area contributed by atoms with Gasteiger partial charge in [0.05, 0.1) is 0 Å². The van der Waals surface area contributed by atoms with Crippen molar-refractivity contribution >= 4 is 0 Å². The number of benzene rings is 1. The molecule has 1 aromatic carbocycles. The topological polar surface area (TPSA) is 0 Å². The van der Waals surface area contributed by atoms with Gasteiger partial charge in [0.2, 0.25) is 0 Å². The van der Waals surface area contributed by atoms with Gasteiger partial charge in [-0.1, -0.05) is 58.7 Å². The highest BCUT2D eigenvalue weighted by Gasteiger charge is 2.29. The number of rotatable bonds is 5. The maximum absolute atomic E-state index is 2.46. The molecule has 0 aliphatic heterocycles. The molecule has 1 atom stereocenters. The molecule has 0 N–H and O–H groups in total. The summed E-state index contributed by atoms with van der Waals surface area (Å²) >= 11 is 0. The molecule has 0 radical (unpaired) electrons. The molecule has 0 heteroatoms. The Kier molecular flexibility index (Phi) is 4.14. The van der Waals surface area contributed by atoms with Crippen molar-refractivity contribution in [1.29, 1.82) is 0 Å². The highest BCUT2D eigenvalue weighted by Crippen LogP contribution is 2.42. The van der Waals surface area contributed by atoms with E-state index in [1.54, 1.807) is 16.7 Å². The zero-order chi connectivity index (χ0) is 13.2. The summed E-state index contributed by atoms with van der Waals surface area (Å²) in [6.45, 7) is 9.33. The van der Waals surface area contributed by atoms with E-state index in [9.17, 15) is 0 Å². The molecular formula is C18H28. The molecule has 0 fully saturated rings. The lowest BCUT2D eigenvalue weighted by Crippen LogP contribution is -2.22. The van der Waals surface area contributed by atoms with Crippen LogP contribution in [0.2, 0.25) is 0 Å². The smallest absolute Gasteiger partial charge is 0.0114 e. The second-order valence-electron chi connectivity index (χ2n) is 7.16. The maximum Gasteiger partial charge on any atom is -0.0114 e. The van der Waals surface area contributed by atoms with E-state index in [4.69, 9.17) is 0 Å². The minimum atomic E-state index is 0.460. The minimum absolute atomic E-state index is 0.460. The van der Waals surface area contributed by atoms with E-state index in [-0.39, 0.29) is 0 Å². The number of hydrogen-bond acceptors (Lipinski definition) is 0. The first kappa shape index (κ1) is 13.6. The van der Waals surface area contributed by atoms with Crippen LogP contribution in [0.1, 0.15) is 76.0 Å². The fourth-order valence-electron chi connectivity index (χ4n) is 3.13. The maximum atomic E-state index is 2.46. The van der Waals surface area contributed by atoms with E-state index >= 15 is 0 Å². The monoisotopic (exact) mass is 244 g/mol. The van der Waals surface area contributed by atoms with Gasteiger partial charge in [0, 0.05) is 0 Å². The van der Waals surface area contributed by atoms with Crippen molar-refractivity contribution in [3.05, 3.63) is 34.9 Å². The minimum Gasteiger partial charge on any atom is -0.0654 e. The van der Waals surface area contributed by atoms with Gasteiger partial charge in [-0.15, -0.1) is 0 Å². The van der Waals surface area contributed by atoms with Gasteiger partial charge in [0.1, 0.15) is 0 Å². The van der Waals surface area contributed by atoms with E-state index in [2.05, 4.69) is 45.9 Å². The van der Waals surface area contributed by atoms with Crippen molar-refractivity contribution in [3.8, 4) is 0 Å². The number of aryl methyl sites for hydroxylation is 1. The van der Waals surface area contributed by atoms with Crippen LogP contribution in [0.4, 0.5) is 0 Å². The molecule has 1 aromatic rings. The van der Waals surface area contributed by atoms with E-state index in [0.717, 1.165) is 5.92 Å². The van der Waals surface area contributed by atoms with Gasteiger partial charge in [-0.2, -0.15) is 0 Å². The summed E-state index contributed by atoms with van der Waals surface area (Å²) in [6.07, 6.45) is 7.94. The zero-order valence-electron chi connectivity index (χ0n) is 12.6. The number of unbranched alkanes of at least 4 members (excludes halogenated alkanes) is 2. The summed E-state index contributed by atoms with van der Waals surface area (Å²) in [7, 11) is 0. The summed E-state index contributed by atoms with van der Waals surface area (Å²) in [5.74, 6) is 0.824. The molecule has 0 nitrogen and oxygen atoms in total. The molecule has 1 unspecified atom stereocenters. The van der Waals surface area contributed by atoms with Gasteiger partial charge in [-0.05, 0) is 53.7 Å². The van der Waals surface area contributed by atoms with Crippen LogP contribution in [0, 0.1) is 5.41 Å². The fourth-order valence-corrected chi connectivity index (χ4v) is 3.13. The van der Waals surface area contributed by atoms with Crippen molar-refractivity contribution < 1.29 is 0 Å². The molecule has 0 saturated heterocycles.